The number of benzene rings is 1. The highest BCUT2D eigenvalue weighted by Gasteiger charge is 2.06. The molecule has 0 saturated heterocycles. The number of aryl methyl sites for hydroxylation is 1. The van der Waals surface area contributed by atoms with Crippen LogP contribution < -0.4 is 5.32 Å². The third kappa shape index (κ3) is 3.40. The van der Waals surface area contributed by atoms with Crippen molar-refractivity contribution in [1.82, 2.24) is 20.2 Å². The van der Waals surface area contributed by atoms with E-state index in [4.69, 9.17) is 0 Å². The topological polar surface area (TPSA) is 101 Å². The van der Waals surface area contributed by atoms with Crippen LogP contribution in [-0.2, 0) is 16.3 Å². The van der Waals surface area contributed by atoms with Gasteiger partial charge in [0, 0.05) is 11.9 Å². The van der Waals surface area contributed by atoms with Gasteiger partial charge in [0.15, 0.2) is 5.65 Å². The normalized spacial score (nSPS) is 11.7. The minimum atomic E-state index is -2.94. The van der Waals surface area contributed by atoms with Crippen molar-refractivity contribution in [3.05, 3.63) is 42.4 Å². The summed E-state index contributed by atoms with van der Waals surface area (Å²) >= 11 is 0. The number of nitrogens with one attached hydrogen (secondary N) is 2. The molecule has 114 valence electrons. The van der Waals surface area contributed by atoms with Gasteiger partial charge < -0.3 is 5.32 Å². The SMILES string of the molecule is CS(=O)(=O)CCc1ccc(Nc2ncnc3[nH]ncc23)cc1. The summed E-state index contributed by atoms with van der Waals surface area (Å²) < 4.78 is 22.4. The van der Waals surface area contributed by atoms with E-state index < -0.39 is 9.84 Å². The first-order valence-corrected chi connectivity index (χ1v) is 8.75. The first-order valence-electron chi connectivity index (χ1n) is 6.69. The average Bonchev–Trinajstić information content (AvgIpc) is 2.95. The molecule has 0 aliphatic heterocycles. The third-order valence-corrected chi connectivity index (χ3v) is 4.17. The van der Waals surface area contributed by atoms with Gasteiger partial charge in [0.05, 0.1) is 17.3 Å². The van der Waals surface area contributed by atoms with Crippen LogP contribution in [0.2, 0.25) is 0 Å². The second-order valence-electron chi connectivity index (χ2n) is 5.06. The second-order valence-corrected chi connectivity index (χ2v) is 7.32. The number of sulfone groups is 1. The quantitative estimate of drug-likeness (QED) is 0.742. The van der Waals surface area contributed by atoms with E-state index in [2.05, 4.69) is 25.5 Å². The summed E-state index contributed by atoms with van der Waals surface area (Å²) in [5, 5.41) is 10.7. The minimum absolute atomic E-state index is 0.154. The summed E-state index contributed by atoms with van der Waals surface area (Å²) in [5.41, 5.74) is 2.51. The van der Waals surface area contributed by atoms with Crippen molar-refractivity contribution in [1.29, 1.82) is 0 Å². The van der Waals surface area contributed by atoms with Gasteiger partial charge in [0.25, 0.3) is 0 Å². The number of aromatic amines is 1. The molecule has 2 heterocycles. The Kier molecular flexibility index (Phi) is 3.76. The maximum absolute atomic E-state index is 11.2. The van der Waals surface area contributed by atoms with Gasteiger partial charge in [-0.3, -0.25) is 5.10 Å². The lowest BCUT2D eigenvalue weighted by molar-refractivity contribution is 0.601. The number of anilines is 2. The molecule has 0 unspecified atom stereocenters. The molecule has 0 spiro atoms. The third-order valence-electron chi connectivity index (χ3n) is 3.23. The fourth-order valence-electron chi connectivity index (χ4n) is 2.06. The first kappa shape index (κ1) is 14.5. The molecule has 3 aromatic rings. The Bertz CT molecular complexity index is 887. The van der Waals surface area contributed by atoms with Crippen molar-refractivity contribution < 1.29 is 8.42 Å². The molecule has 0 aliphatic carbocycles. The van der Waals surface area contributed by atoms with E-state index in [1.165, 1.54) is 12.6 Å². The predicted molar refractivity (Wildman–Crippen MR) is 84.8 cm³/mol. The van der Waals surface area contributed by atoms with Gasteiger partial charge in [-0.15, -0.1) is 0 Å². The molecule has 22 heavy (non-hydrogen) atoms. The number of fused-ring (bicyclic) bond motifs is 1. The Balaban J connectivity index is 1.75. The van der Waals surface area contributed by atoms with Gasteiger partial charge in [-0.05, 0) is 24.1 Å². The molecule has 0 bridgehead atoms. The maximum Gasteiger partial charge on any atom is 0.160 e. The number of rotatable bonds is 5. The van der Waals surface area contributed by atoms with Crippen LogP contribution in [-0.4, -0.2) is 40.6 Å². The maximum atomic E-state index is 11.2. The van der Waals surface area contributed by atoms with Gasteiger partial charge in [0.2, 0.25) is 0 Å². The van der Waals surface area contributed by atoms with E-state index in [9.17, 15) is 8.42 Å². The molecule has 0 radical (unpaired) electrons. The van der Waals surface area contributed by atoms with Crippen LogP contribution in [0.25, 0.3) is 11.0 Å². The van der Waals surface area contributed by atoms with Crippen LogP contribution >= 0.6 is 0 Å². The summed E-state index contributed by atoms with van der Waals surface area (Å²) in [7, 11) is -2.94. The van der Waals surface area contributed by atoms with Crippen molar-refractivity contribution in [2.45, 2.75) is 6.42 Å². The van der Waals surface area contributed by atoms with Crippen LogP contribution in [0.5, 0.6) is 0 Å². The molecule has 0 amide bonds. The second kappa shape index (κ2) is 5.72. The van der Waals surface area contributed by atoms with Crippen molar-refractivity contribution in [3.63, 3.8) is 0 Å². The molecule has 0 aliphatic rings. The highest BCUT2D eigenvalue weighted by molar-refractivity contribution is 7.90. The van der Waals surface area contributed by atoms with Crippen molar-refractivity contribution in [2.24, 2.45) is 0 Å². The standard InChI is InChI=1S/C14H15N5O2S/c1-22(20,21)7-6-10-2-4-11(5-3-10)18-13-12-8-17-19-14(12)16-9-15-13/h2-5,8-9H,6-7H2,1H3,(H2,15,16,17,18,19). The predicted octanol–water partition coefficient (Wildman–Crippen LogP) is 1.68. The fourth-order valence-corrected chi connectivity index (χ4v) is 2.67. The van der Waals surface area contributed by atoms with Crippen LogP contribution in [0.1, 0.15) is 5.56 Å². The Morgan fingerprint density at radius 3 is 2.68 bits per heavy atom. The molecule has 0 atom stereocenters. The Labute approximate surface area is 127 Å². The monoisotopic (exact) mass is 317 g/mol. The number of aromatic nitrogens is 4. The summed E-state index contributed by atoms with van der Waals surface area (Å²) in [6.45, 7) is 0. The van der Waals surface area contributed by atoms with Gasteiger partial charge in [-0.1, -0.05) is 12.1 Å². The zero-order valence-corrected chi connectivity index (χ0v) is 12.8. The lowest BCUT2D eigenvalue weighted by atomic mass is 10.1. The largest absolute Gasteiger partial charge is 0.340 e. The number of hydrogen-bond acceptors (Lipinski definition) is 6. The summed E-state index contributed by atoms with van der Waals surface area (Å²) in [6, 6.07) is 7.60. The molecule has 7 nitrogen and oxygen atoms in total. The molecular formula is C14H15N5O2S. The van der Waals surface area contributed by atoms with Gasteiger partial charge in [0.1, 0.15) is 22.0 Å². The van der Waals surface area contributed by atoms with Gasteiger partial charge >= 0.3 is 0 Å². The lowest BCUT2D eigenvalue weighted by Crippen LogP contribution is -2.05. The molecule has 2 N–H and O–H groups in total. The average molecular weight is 317 g/mol. The Hall–Kier alpha value is -2.48. The molecule has 0 saturated carbocycles. The molecule has 1 aromatic carbocycles. The molecule has 3 rings (SSSR count). The van der Waals surface area contributed by atoms with Crippen LogP contribution in [0, 0.1) is 0 Å². The van der Waals surface area contributed by atoms with Gasteiger partial charge in [-0.2, -0.15) is 5.10 Å². The van der Waals surface area contributed by atoms with Crippen LogP contribution in [0.3, 0.4) is 0 Å². The summed E-state index contributed by atoms with van der Waals surface area (Å²) in [6.07, 6.45) is 4.88. The van der Waals surface area contributed by atoms with Gasteiger partial charge in [-0.25, -0.2) is 18.4 Å². The van der Waals surface area contributed by atoms with E-state index in [1.807, 2.05) is 24.3 Å². The highest BCUT2D eigenvalue weighted by Crippen LogP contribution is 2.21. The zero-order chi connectivity index (χ0) is 15.6. The van der Waals surface area contributed by atoms with Crippen molar-refractivity contribution in [2.75, 3.05) is 17.3 Å². The summed E-state index contributed by atoms with van der Waals surface area (Å²) in [4.78, 5) is 8.28. The lowest BCUT2D eigenvalue weighted by Gasteiger charge is -2.07. The van der Waals surface area contributed by atoms with E-state index >= 15 is 0 Å². The summed E-state index contributed by atoms with van der Waals surface area (Å²) in [5.74, 6) is 0.823. The Morgan fingerprint density at radius 2 is 1.95 bits per heavy atom. The van der Waals surface area contributed by atoms with Crippen molar-refractivity contribution in [3.8, 4) is 0 Å². The minimum Gasteiger partial charge on any atom is -0.340 e. The van der Waals surface area contributed by atoms with E-state index in [1.54, 1.807) is 6.20 Å². The van der Waals surface area contributed by atoms with Crippen molar-refractivity contribution >= 4 is 32.4 Å². The number of H-pyrrole nitrogens is 1. The zero-order valence-electron chi connectivity index (χ0n) is 11.9. The number of nitrogens with zero attached hydrogens (tertiary/aromatic N) is 3. The van der Waals surface area contributed by atoms with E-state index in [0.29, 0.717) is 17.9 Å². The van der Waals surface area contributed by atoms with E-state index in [0.717, 1.165) is 16.6 Å². The van der Waals surface area contributed by atoms with Crippen LogP contribution in [0.15, 0.2) is 36.8 Å². The number of hydrogen-bond donors (Lipinski definition) is 2. The van der Waals surface area contributed by atoms with Crippen LogP contribution in [0.4, 0.5) is 11.5 Å². The van der Waals surface area contributed by atoms with E-state index in [-0.39, 0.29) is 5.75 Å². The first-order chi connectivity index (χ1) is 10.5. The fraction of sp³-hybridized carbons (Fsp3) is 0.214. The molecule has 2 aromatic heterocycles. The smallest absolute Gasteiger partial charge is 0.160 e. The molecular weight excluding hydrogens is 302 g/mol. The molecule has 8 heteroatoms. The Morgan fingerprint density at radius 1 is 1.18 bits per heavy atom. The highest BCUT2D eigenvalue weighted by atomic mass is 32.2. The molecule has 0 fully saturated rings.